The molecule has 3 heterocycles. The van der Waals surface area contributed by atoms with Crippen molar-refractivity contribution in [3.05, 3.63) is 93.9 Å². The maximum atomic E-state index is 14.4. The minimum Gasteiger partial charge on any atom is -0.493 e. The first-order valence-electron chi connectivity index (χ1n) is 11.8. The summed E-state index contributed by atoms with van der Waals surface area (Å²) in [5.74, 6) is 0.0207. The van der Waals surface area contributed by atoms with Crippen molar-refractivity contribution in [3.63, 3.8) is 0 Å². The molecular weight excluding hydrogens is 472 g/mol. The fraction of sp³-hybridized carbons (Fsp3) is 0.286. The molecule has 2 aliphatic heterocycles. The molecule has 1 aromatic heterocycles. The second-order valence-electron chi connectivity index (χ2n) is 9.36. The maximum absolute atomic E-state index is 14.4. The number of halogens is 4. The number of hydrogen-bond donors (Lipinski definition) is 1. The second kappa shape index (κ2) is 8.55. The van der Waals surface area contributed by atoms with E-state index in [1.807, 2.05) is 18.2 Å². The summed E-state index contributed by atoms with van der Waals surface area (Å²) in [6.45, 7) is 1.54. The molecule has 36 heavy (non-hydrogen) atoms. The van der Waals surface area contributed by atoms with Gasteiger partial charge in [0, 0.05) is 41.3 Å². The quantitative estimate of drug-likeness (QED) is 0.325. The molecule has 0 bridgehead atoms. The molecule has 4 nitrogen and oxygen atoms in total. The average Bonchev–Trinajstić information content (AvgIpc) is 3.23. The fourth-order valence-corrected chi connectivity index (χ4v) is 5.48. The van der Waals surface area contributed by atoms with Crippen LogP contribution in [-0.4, -0.2) is 23.5 Å². The van der Waals surface area contributed by atoms with E-state index >= 15 is 0 Å². The predicted molar refractivity (Wildman–Crippen MR) is 128 cm³/mol. The third-order valence-corrected chi connectivity index (χ3v) is 7.32. The Bertz CT molecular complexity index is 1460. The normalized spacial score (nSPS) is 17.4. The lowest BCUT2D eigenvalue weighted by atomic mass is 9.85. The zero-order valence-corrected chi connectivity index (χ0v) is 19.6. The fourth-order valence-electron chi connectivity index (χ4n) is 5.48. The average molecular weight is 497 g/mol. The summed E-state index contributed by atoms with van der Waals surface area (Å²) in [5, 5.41) is 1.24. The van der Waals surface area contributed by atoms with Gasteiger partial charge in [-0.05, 0) is 59.9 Å². The van der Waals surface area contributed by atoms with Crippen LogP contribution in [0, 0.1) is 5.82 Å². The second-order valence-corrected chi connectivity index (χ2v) is 9.36. The van der Waals surface area contributed by atoms with Crippen LogP contribution in [0.4, 0.5) is 17.6 Å². The molecule has 1 unspecified atom stereocenters. The van der Waals surface area contributed by atoms with Crippen molar-refractivity contribution in [2.24, 2.45) is 0 Å². The Labute approximate surface area is 205 Å². The Kier molecular flexibility index (Phi) is 5.44. The van der Waals surface area contributed by atoms with E-state index in [1.165, 1.54) is 22.2 Å². The number of fused-ring (bicyclic) bond motifs is 6. The van der Waals surface area contributed by atoms with Crippen molar-refractivity contribution >= 4 is 10.9 Å². The largest absolute Gasteiger partial charge is 0.493 e. The molecule has 186 valence electrons. The molecule has 3 aromatic carbocycles. The van der Waals surface area contributed by atoms with Crippen LogP contribution in [0.1, 0.15) is 39.6 Å². The molecule has 2 aliphatic rings. The van der Waals surface area contributed by atoms with Crippen LogP contribution >= 0.6 is 0 Å². The van der Waals surface area contributed by atoms with Gasteiger partial charge in [-0.1, -0.05) is 24.3 Å². The van der Waals surface area contributed by atoms with Gasteiger partial charge in [-0.2, -0.15) is 13.2 Å². The first-order valence-corrected chi connectivity index (χ1v) is 11.8. The zero-order valence-electron chi connectivity index (χ0n) is 19.6. The summed E-state index contributed by atoms with van der Waals surface area (Å²) < 4.78 is 64.5. The van der Waals surface area contributed by atoms with Gasteiger partial charge in [0.25, 0.3) is 0 Å². The van der Waals surface area contributed by atoms with Crippen LogP contribution in [0.15, 0.2) is 54.6 Å². The lowest BCUT2D eigenvalue weighted by molar-refractivity contribution is -0.137. The van der Waals surface area contributed by atoms with Gasteiger partial charge in [-0.25, -0.2) is 4.39 Å². The van der Waals surface area contributed by atoms with Gasteiger partial charge in [0.2, 0.25) is 0 Å². The zero-order chi connectivity index (χ0) is 25.0. The van der Waals surface area contributed by atoms with E-state index in [4.69, 9.17) is 9.47 Å². The molecule has 1 atom stereocenters. The van der Waals surface area contributed by atoms with Crippen LogP contribution in [0.3, 0.4) is 0 Å². The first-order chi connectivity index (χ1) is 17.3. The van der Waals surface area contributed by atoms with Gasteiger partial charge < -0.3 is 14.5 Å². The molecule has 0 saturated heterocycles. The summed E-state index contributed by atoms with van der Waals surface area (Å²) in [5.41, 5.74) is 5.06. The number of benzene rings is 3. The van der Waals surface area contributed by atoms with E-state index in [2.05, 4.69) is 28.1 Å². The van der Waals surface area contributed by atoms with Gasteiger partial charge in [0.15, 0.2) is 11.5 Å². The number of alkyl halides is 3. The highest BCUT2D eigenvalue weighted by Crippen LogP contribution is 2.44. The summed E-state index contributed by atoms with van der Waals surface area (Å²) in [7, 11) is 1.54. The van der Waals surface area contributed by atoms with Gasteiger partial charge >= 0.3 is 6.18 Å². The molecule has 0 saturated carbocycles. The summed E-state index contributed by atoms with van der Waals surface area (Å²) in [6.07, 6.45) is -2.88. The molecule has 0 spiro atoms. The van der Waals surface area contributed by atoms with Crippen molar-refractivity contribution in [1.82, 2.24) is 9.88 Å². The standard InChI is InChI=1S/C28H24F4N2O2/c1-35-26-10-16-8-9-34-14-24-21(19-4-2-3-5-23(19)33-24)12-25(34)20(16)13-27(26)36-15-17-6-7-18(11-22(17)29)28(30,31)32/h2-7,10-11,13,25,33H,8-9,12,14-15H2,1H3. The van der Waals surface area contributed by atoms with Crippen molar-refractivity contribution in [3.8, 4) is 11.5 Å². The van der Waals surface area contributed by atoms with Gasteiger partial charge in [0.1, 0.15) is 12.4 Å². The summed E-state index contributed by atoms with van der Waals surface area (Å²) in [6, 6.07) is 14.9. The van der Waals surface area contributed by atoms with Crippen LogP contribution in [0.5, 0.6) is 11.5 Å². The number of para-hydroxylation sites is 1. The highest BCUT2D eigenvalue weighted by molar-refractivity contribution is 5.85. The third kappa shape index (κ3) is 3.89. The first kappa shape index (κ1) is 22.9. The predicted octanol–water partition coefficient (Wildman–Crippen LogP) is 6.57. The van der Waals surface area contributed by atoms with Gasteiger partial charge in [0.05, 0.1) is 12.7 Å². The van der Waals surface area contributed by atoms with E-state index < -0.39 is 17.6 Å². The highest BCUT2D eigenvalue weighted by Gasteiger charge is 2.35. The molecule has 8 heteroatoms. The molecular formula is C28H24F4N2O2. The number of nitrogens with one attached hydrogen (secondary N) is 1. The lowest BCUT2D eigenvalue weighted by Crippen LogP contribution is -2.39. The number of ether oxygens (including phenoxy) is 2. The van der Waals surface area contributed by atoms with E-state index in [1.54, 1.807) is 7.11 Å². The van der Waals surface area contributed by atoms with Gasteiger partial charge in [-0.15, -0.1) is 0 Å². The molecule has 6 rings (SSSR count). The minimum absolute atomic E-state index is 0.0468. The number of methoxy groups -OCH3 is 1. The third-order valence-electron chi connectivity index (χ3n) is 7.32. The number of rotatable bonds is 4. The molecule has 1 N–H and O–H groups in total. The van der Waals surface area contributed by atoms with Crippen molar-refractivity contribution < 1.29 is 27.0 Å². The van der Waals surface area contributed by atoms with E-state index in [-0.39, 0.29) is 18.2 Å². The Balaban J connectivity index is 1.30. The Hall–Kier alpha value is -3.52. The summed E-state index contributed by atoms with van der Waals surface area (Å²) >= 11 is 0. The Morgan fingerprint density at radius 2 is 1.89 bits per heavy atom. The number of hydrogen-bond acceptors (Lipinski definition) is 3. The highest BCUT2D eigenvalue weighted by atomic mass is 19.4. The van der Waals surface area contributed by atoms with Crippen LogP contribution in [0.25, 0.3) is 10.9 Å². The van der Waals surface area contributed by atoms with Crippen LogP contribution in [0.2, 0.25) is 0 Å². The Morgan fingerprint density at radius 1 is 1.06 bits per heavy atom. The topological polar surface area (TPSA) is 37.5 Å². The van der Waals surface area contributed by atoms with Crippen LogP contribution < -0.4 is 9.47 Å². The number of aromatic nitrogens is 1. The molecule has 0 fully saturated rings. The number of nitrogens with zero attached hydrogens (tertiary/aromatic N) is 1. The van der Waals surface area contributed by atoms with Crippen molar-refractivity contribution in [2.75, 3.05) is 13.7 Å². The van der Waals surface area contributed by atoms with Crippen molar-refractivity contribution in [1.29, 1.82) is 0 Å². The smallest absolute Gasteiger partial charge is 0.416 e. The van der Waals surface area contributed by atoms with Crippen molar-refractivity contribution in [2.45, 2.75) is 38.2 Å². The van der Waals surface area contributed by atoms with Gasteiger partial charge in [-0.3, -0.25) is 4.90 Å². The minimum atomic E-state index is -4.60. The monoisotopic (exact) mass is 496 g/mol. The maximum Gasteiger partial charge on any atom is 0.416 e. The number of H-pyrrole nitrogens is 1. The Morgan fingerprint density at radius 3 is 2.67 bits per heavy atom. The van der Waals surface area contributed by atoms with E-state index in [9.17, 15) is 17.6 Å². The molecule has 0 amide bonds. The SMILES string of the molecule is COc1cc2c(cc1OCc1ccc(C(F)(F)F)cc1F)C1Cc3c([nH]c4ccccc34)CN1CC2. The summed E-state index contributed by atoms with van der Waals surface area (Å²) in [4.78, 5) is 6.02. The van der Waals surface area contributed by atoms with E-state index in [0.717, 1.165) is 49.1 Å². The lowest BCUT2D eigenvalue weighted by Gasteiger charge is -2.40. The molecule has 0 radical (unpaired) electrons. The molecule has 0 aliphatic carbocycles. The van der Waals surface area contributed by atoms with Crippen LogP contribution in [-0.2, 0) is 32.2 Å². The number of aromatic amines is 1. The molecule has 4 aromatic rings. The van der Waals surface area contributed by atoms with E-state index in [0.29, 0.717) is 17.6 Å².